The first-order chi connectivity index (χ1) is 18.0. The minimum absolute atomic E-state index is 0.0927. The Kier molecular flexibility index (Phi) is 11.8. The van der Waals surface area contributed by atoms with Crippen molar-refractivity contribution < 1.29 is 19.4 Å². The summed E-state index contributed by atoms with van der Waals surface area (Å²) < 4.78 is 6.38. The number of rotatable bonds is 14. The van der Waals surface area contributed by atoms with Crippen LogP contribution in [0.1, 0.15) is 83.1 Å². The molecule has 1 saturated carbocycles. The van der Waals surface area contributed by atoms with Crippen molar-refractivity contribution >= 4 is 17.7 Å². The van der Waals surface area contributed by atoms with E-state index in [0.29, 0.717) is 25.5 Å². The van der Waals surface area contributed by atoms with Crippen molar-refractivity contribution in [2.24, 2.45) is 5.92 Å². The van der Waals surface area contributed by atoms with Crippen LogP contribution in [0, 0.1) is 5.92 Å². The minimum atomic E-state index is -0.802. The molecule has 2 N–H and O–H groups in total. The van der Waals surface area contributed by atoms with Crippen LogP contribution in [0.15, 0.2) is 42.5 Å². The van der Waals surface area contributed by atoms with E-state index in [4.69, 9.17) is 9.84 Å². The zero-order valence-electron chi connectivity index (χ0n) is 22.6. The smallest absolute Gasteiger partial charge is 0.321 e. The van der Waals surface area contributed by atoms with Gasteiger partial charge in [0.15, 0.2) is 0 Å². The van der Waals surface area contributed by atoms with Gasteiger partial charge in [-0.3, -0.25) is 9.69 Å². The van der Waals surface area contributed by atoms with Gasteiger partial charge in [0.1, 0.15) is 5.75 Å². The van der Waals surface area contributed by atoms with Crippen LogP contribution in [0.3, 0.4) is 0 Å². The second kappa shape index (κ2) is 15.3. The van der Waals surface area contributed by atoms with Gasteiger partial charge >= 0.3 is 12.0 Å². The Balaban J connectivity index is 1.72. The number of nitrogens with one attached hydrogen (secondary N) is 1. The number of carboxylic acid groups (broad SMARTS) is 1. The average Bonchev–Trinajstić information content (AvgIpc) is 2.92. The molecule has 37 heavy (non-hydrogen) atoms. The van der Waals surface area contributed by atoms with Gasteiger partial charge in [-0.1, -0.05) is 76.1 Å². The minimum Gasteiger partial charge on any atom is -0.493 e. The molecule has 0 heterocycles. The molecule has 6 nitrogen and oxygen atoms in total. The molecule has 2 aromatic carbocycles. The molecule has 1 fully saturated rings. The van der Waals surface area contributed by atoms with Crippen LogP contribution in [0.2, 0.25) is 0 Å². The van der Waals surface area contributed by atoms with Crippen molar-refractivity contribution in [1.29, 1.82) is 0 Å². The largest absolute Gasteiger partial charge is 0.493 e. The molecule has 0 atom stereocenters. The van der Waals surface area contributed by atoms with Gasteiger partial charge in [0.05, 0.1) is 6.61 Å². The second-order valence-corrected chi connectivity index (χ2v) is 10.3. The van der Waals surface area contributed by atoms with Crippen LogP contribution in [-0.2, 0) is 11.2 Å². The Morgan fingerprint density at radius 2 is 1.81 bits per heavy atom. The molecule has 2 aromatic rings. The van der Waals surface area contributed by atoms with Crippen LogP contribution < -0.4 is 15.0 Å². The first kappa shape index (κ1) is 28.5. The number of carbonyl (C=O) groups is 2. The summed E-state index contributed by atoms with van der Waals surface area (Å²) in [4.78, 5) is 25.5. The summed E-state index contributed by atoms with van der Waals surface area (Å²) in [7, 11) is 1.79. The van der Waals surface area contributed by atoms with E-state index < -0.39 is 5.97 Å². The van der Waals surface area contributed by atoms with Gasteiger partial charge in [-0.25, -0.2) is 4.79 Å². The van der Waals surface area contributed by atoms with Crippen LogP contribution in [0.25, 0.3) is 11.1 Å². The SMILES string of the molecule is CCCCCCCNC(=O)N(C)c1cccc(-c2ccc(CCC(=O)O)cc2OCC2CCCCC2)c1. The quantitative estimate of drug-likeness (QED) is 0.260. The molecule has 0 bridgehead atoms. The number of carboxylic acids is 1. The summed E-state index contributed by atoms with van der Waals surface area (Å²) in [6, 6.07) is 13.8. The van der Waals surface area contributed by atoms with E-state index in [1.165, 1.54) is 51.4 Å². The van der Waals surface area contributed by atoms with Gasteiger partial charge in [-0.2, -0.15) is 0 Å². The number of urea groups is 1. The third-order valence-corrected chi connectivity index (χ3v) is 7.28. The lowest BCUT2D eigenvalue weighted by molar-refractivity contribution is -0.136. The maximum Gasteiger partial charge on any atom is 0.321 e. The molecule has 0 radical (unpaired) electrons. The highest BCUT2D eigenvalue weighted by atomic mass is 16.5. The third kappa shape index (κ3) is 9.42. The molecule has 2 amide bonds. The maximum atomic E-state index is 12.7. The predicted molar refractivity (Wildman–Crippen MR) is 150 cm³/mol. The number of anilines is 1. The van der Waals surface area contributed by atoms with Crippen molar-refractivity contribution in [3.05, 3.63) is 48.0 Å². The summed E-state index contributed by atoms with van der Waals surface area (Å²) in [5.41, 5.74) is 3.70. The normalized spacial score (nSPS) is 13.8. The standard InChI is InChI=1S/C31H44N2O4/c1-3-4-5-6-10-20-32-31(36)33(2)27-15-11-14-26(22-27)28-18-16-24(17-19-30(34)35)21-29(28)37-23-25-12-8-7-9-13-25/h11,14-16,18,21-22,25H,3-10,12-13,17,19-20,23H2,1-2H3,(H,32,36)(H,34,35). The fourth-order valence-electron chi connectivity index (χ4n) is 4.93. The molecule has 0 aliphatic heterocycles. The highest BCUT2D eigenvalue weighted by Gasteiger charge is 2.17. The Labute approximate surface area is 222 Å². The summed E-state index contributed by atoms with van der Waals surface area (Å²) >= 11 is 0. The average molecular weight is 509 g/mol. The van der Waals surface area contributed by atoms with Crippen LogP contribution in [0.4, 0.5) is 10.5 Å². The van der Waals surface area contributed by atoms with Gasteiger partial charge in [0.25, 0.3) is 0 Å². The zero-order valence-corrected chi connectivity index (χ0v) is 22.6. The lowest BCUT2D eigenvalue weighted by Gasteiger charge is -2.23. The molecule has 6 heteroatoms. The number of hydrogen-bond acceptors (Lipinski definition) is 3. The Morgan fingerprint density at radius 3 is 2.57 bits per heavy atom. The lowest BCUT2D eigenvalue weighted by atomic mass is 9.90. The van der Waals surface area contributed by atoms with Crippen molar-refractivity contribution in [3.8, 4) is 16.9 Å². The van der Waals surface area contributed by atoms with Crippen molar-refractivity contribution in [3.63, 3.8) is 0 Å². The third-order valence-electron chi connectivity index (χ3n) is 7.28. The molecular formula is C31H44N2O4. The van der Waals surface area contributed by atoms with E-state index in [2.05, 4.69) is 12.2 Å². The Bertz CT molecular complexity index is 1000. The van der Waals surface area contributed by atoms with E-state index in [1.54, 1.807) is 11.9 Å². The first-order valence-corrected chi connectivity index (χ1v) is 14.1. The molecule has 0 saturated heterocycles. The number of aryl methyl sites for hydroxylation is 1. The molecule has 0 aromatic heterocycles. The van der Waals surface area contributed by atoms with Crippen molar-refractivity contribution in [1.82, 2.24) is 5.32 Å². The molecular weight excluding hydrogens is 464 g/mol. The predicted octanol–water partition coefficient (Wildman–Crippen LogP) is 7.45. The van der Waals surface area contributed by atoms with E-state index in [0.717, 1.165) is 41.0 Å². The molecule has 1 aliphatic rings. The Morgan fingerprint density at radius 1 is 1.03 bits per heavy atom. The second-order valence-electron chi connectivity index (χ2n) is 10.3. The number of ether oxygens (including phenoxy) is 1. The molecule has 202 valence electrons. The lowest BCUT2D eigenvalue weighted by Crippen LogP contribution is -2.37. The fourth-order valence-corrected chi connectivity index (χ4v) is 4.93. The number of unbranched alkanes of at least 4 members (excludes halogenated alkanes) is 4. The fraction of sp³-hybridized carbons (Fsp3) is 0.548. The van der Waals surface area contributed by atoms with Crippen molar-refractivity contribution in [2.75, 3.05) is 25.1 Å². The summed E-state index contributed by atoms with van der Waals surface area (Å²) in [5, 5.41) is 12.1. The molecule has 0 spiro atoms. The van der Waals surface area contributed by atoms with Crippen molar-refractivity contribution in [2.45, 2.75) is 84.0 Å². The number of carbonyl (C=O) groups excluding carboxylic acids is 1. The molecule has 3 rings (SSSR count). The number of hydrogen-bond donors (Lipinski definition) is 2. The van der Waals surface area contributed by atoms with Crippen LogP contribution >= 0.6 is 0 Å². The zero-order chi connectivity index (χ0) is 26.5. The number of benzene rings is 2. The number of amides is 2. The topological polar surface area (TPSA) is 78.9 Å². The monoisotopic (exact) mass is 508 g/mol. The first-order valence-electron chi connectivity index (χ1n) is 14.1. The maximum absolute atomic E-state index is 12.7. The van der Waals surface area contributed by atoms with E-state index >= 15 is 0 Å². The summed E-state index contributed by atoms with van der Waals surface area (Å²) in [6.45, 7) is 3.56. The number of nitrogens with zero attached hydrogens (tertiary/aromatic N) is 1. The van der Waals surface area contributed by atoms with E-state index in [-0.39, 0.29) is 12.5 Å². The van der Waals surface area contributed by atoms with Gasteiger partial charge in [0.2, 0.25) is 0 Å². The molecule has 0 unspecified atom stereocenters. The van der Waals surface area contributed by atoms with E-state index in [1.807, 2.05) is 42.5 Å². The van der Waals surface area contributed by atoms with Gasteiger partial charge < -0.3 is 15.2 Å². The highest BCUT2D eigenvalue weighted by molar-refractivity contribution is 5.92. The van der Waals surface area contributed by atoms with Gasteiger partial charge in [-0.15, -0.1) is 0 Å². The van der Waals surface area contributed by atoms with Gasteiger partial charge in [0, 0.05) is 31.3 Å². The van der Waals surface area contributed by atoms with Crippen LogP contribution in [0.5, 0.6) is 5.75 Å². The van der Waals surface area contributed by atoms with Crippen LogP contribution in [-0.4, -0.2) is 37.3 Å². The summed E-state index contributed by atoms with van der Waals surface area (Å²) in [5.74, 6) is 0.543. The number of aliphatic carboxylic acids is 1. The molecule has 1 aliphatic carbocycles. The van der Waals surface area contributed by atoms with E-state index in [9.17, 15) is 9.59 Å². The highest BCUT2D eigenvalue weighted by Crippen LogP contribution is 2.35. The Hall–Kier alpha value is -3.02. The van der Waals surface area contributed by atoms with Gasteiger partial charge in [-0.05, 0) is 60.9 Å². The summed E-state index contributed by atoms with van der Waals surface area (Å²) in [6.07, 6.45) is 12.6.